The largest absolute Gasteiger partial charge is 0.463 e. The van der Waals surface area contributed by atoms with E-state index >= 15 is 0 Å². The maximum absolute atomic E-state index is 14.1. The zero-order valence-electron chi connectivity index (χ0n) is 17.5. The molecule has 5 rings (SSSR count). The van der Waals surface area contributed by atoms with Crippen LogP contribution >= 0.6 is 0 Å². The first kappa shape index (κ1) is 22.8. The van der Waals surface area contributed by atoms with E-state index in [0.29, 0.717) is 11.5 Å². The van der Waals surface area contributed by atoms with E-state index < -0.39 is 41.8 Å². The summed E-state index contributed by atoms with van der Waals surface area (Å²) in [5.74, 6) is -1.21. The molecule has 35 heavy (non-hydrogen) atoms. The molecule has 4 aromatic rings. The van der Waals surface area contributed by atoms with E-state index in [4.69, 9.17) is 4.42 Å². The van der Waals surface area contributed by atoms with Gasteiger partial charge in [-0.05, 0) is 40.6 Å². The van der Waals surface area contributed by atoms with Crippen molar-refractivity contribution in [2.45, 2.75) is 24.5 Å². The Balaban J connectivity index is 1.68. The number of aliphatic hydroxyl groups is 1. The molecule has 3 heterocycles. The minimum Gasteiger partial charge on any atom is -0.463 e. The van der Waals surface area contributed by atoms with Gasteiger partial charge in [-0.1, -0.05) is 36.4 Å². The van der Waals surface area contributed by atoms with Crippen LogP contribution in [0.2, 0.25) is 0 Å². The van der Waals surface area contributed by atoms with Crippen molar-refractivity contribution in [3.05, 3.63) is 78.2 Å². The van der Waals surface area contributed by atoms with Gasteiger partial charge >= 0.3 is 12.4 Å². The second-order valence-electron chi connectivity index (χ2n) is 7.83. The van der Waals surface area contributed by atoms with Crippen LogP contribution in [-0.2, 0) is 6.18 Å². The standard InChI is InChI=1S/C23H14F6N4O2/c24-22(25,26)19-11-16(18-6-3-9-35-18)30-20(31-19)33-21(34,23(27,28)29)12-17(32-33)15-8-7-13-4-1-2-5-14(13)10-15/h1-11,34H,12H2. The smallest absolute Gasteiger partial charge is 0.438 e. The molecule has 0 bridgehead atoms. The van der Waals surface area contributed by atoms with Crippen LogP contribution in [0.3, 0.4) is 0 Å². The highest BCUT2D eigenvalue weighted by molar-refractivity contribution is 6.06. The fraction of sp³-hybridized carbons (Fsp3) is 0.174. The van der Waals surface area contributed by atoms with Crippen LogP contribution in [0.5, 0.6) is 0 Å². The Bertz CT molecular complexity index is 1430. The van der Waals surface area contributed by atoms with Crippen molar-refractivity contribution in [3.8, 4) is 11.5 Å². The van der Waals surface area contributed by atoms with E-state index in [1.165, 1.54) is 24.5 Å². The molecule has 0 amide bonds. The van der Waals surface area contributed by atoms with Gasteiger partial charge in [0.1, 0.15) is 5.69 Å². The highest BCUT2D eigenvalue weighted by atomic mass is 19.4. The first-order chi connectivity index (χ1) is 16.5. The van der Waals surface area contributed by atoms with Crippen LogP contribution in [0.25, 0.3) is 22.2 Å². The third kappa shape index (κ3) is 3.99. The lowest BCUT2D eigenvalue weighted by molar-refractivity contribution is -0.254. The normalized spacial score (nSPS) is 18.8. The van der Waals surface area contributed by atoms with Crippen LogP contribution in [0.15, 0.2) is 76.4 Å². The van der Waals surface area contributed by atoms with Gasteiger partial charge in [-0.25, -0.2) is 9.97 Å². The number of halogens is 6. The second kappa shape index (κ2) is 7.80. The molecule has 0 saturated heterocycles. The van der Waals surface area contributed by atoms with Crippen LogP contribution in [-0.4, -0.2) is 32.7 Å². The Hall–Kier alpha value is -3.93. The summed E-state index contributed by atoms with van der Waals surface area (Å²) in [6.07, 6.45) is -10.2. The van der Waals surface area contributed by atoms with E-state index in [-0.39, 0.29) is 22.0 Å². The minimum atomic E-state index is -5.31. The molecule has 1 atom stereocenters. The highest BCUT2D eigenvalue weighted by Gasteiger charge is 2.63. The number of aromatic nitrogens is 2. The number of rotatable bonds is 3. The molecule has 0 fully saturated rings. The molecule has 12 heteroatoms. The first-order valence-electron chi connectivity index (χ1n) is 10.1. The molecule has 1 unspecified atom stereocenters. The number of furan rings is 1. The van der Waals surface area contributed by atoms with E-state index in [1.807, 2.05) is 0 Å². The predicted octanol–water partition coefficient (Wildman–Crippen LogP) is 5.77. The predicted molar refractivity (Wildman–Crippen MR) is 113 cm³/mol. The fourth-order valence-corrected chi connectivity index (χ4v) is 3.73. The Morgan fingerprint density at radius 1 is 0.886 bits per heavy atom. The maximum atomic E-state index is 14.1. The minimum absolute atomic E-state index is 0.0147. The van der Waals surface area contributed by atoms with Crippen molar-refractivity contribution in [3.63, 3.8) is 0 Å². The van der Waals surface area contributed by atoms with Crippen molar-refractivity contribution >= 4 is 22.4 Å². The zero-order chi connectivity index (χ0) is 25.0. The van der Waals surface area contributed by atoms with Gasteiger partial charge in [0, 0.05) is 0 Å². The summed E-state index contributed by atoms with van der Waals surface area (Å²) < 4.78 is 87.9. The monoisotopic (exact) mass is 492 g/mol. The van der Waals surface area contributed by atoms with E-state index in [1.54, 1.807) is 36.4 Å². The summed E-state index contributed by atoms with van der Waals surface area (Å²) in [4.78, 5) is 7.08. The van der Waals surface area contributed by atoms with Crippen molar-refractivity contribution < 1.29 is 35.9 Å². The Kier molecular flexibility index (Phi) is 5.09. The number of hydrogen-bond donors (Lipinski definition) is 1. The van der Waals surface area contributed by atoms with Gasteiger partial charge in [-0.2, -0.15) is 36.5 Å². The Morgan fingerprint density at radius 3 is 2.29 bits per heavy atom. The molecular formula is C23H14F6N4O2. The second-order valence-corrected chi connectivity index (χ2v) is 7.83. The summed E-state index contributed by atoms with van der Waals surface area (Å²) >= 11 is 0. The fourth-order valence-electron chi connectivity index (χ4n) is 3.73. The average Bonchev–Trinajstić information content (AvgIpc) is 3.46. The summed E-state index contributed by atoms with van der Waals surface area (Å²) in [5, 5.41) is 16.1. The van der Waals surface area contributed by atoms with E-state index in [9.17, 15) is 31.4 Å². The first-order valence-corrected chi connectivity index (χ1v) is 10.1. The Morgan fingerprint density at radius 2 is 1.63 bits per heavy atom. The van der Waals surface area contributed by atoms with E-state index in [0.717, 1.165) is 5.39 Å². The van der Waals surface area contributed by atoms with Gasteiger partial charge in [0.25, 0.3) is 5.72 Å². The number of alkyl halides is 6. The molecular weight excluding hydrogens is 478 g/mol. The summed E-state index contributed by atoms with van der Waals surface area (Å²) in [7, 11) is 0. The van der Waals surface area contributed by atoms with Crippen molar-refractivity contribution in [2.75, 3.05) is 5.01 Å². The lowest BCUT2D eigenvalue weighted by Gasteiger charge is -2.32. The molecule has 2 aromatic heterocycles. The SMILES string of the molecule is OC1(C(F)(F)F)CC(c2ccc3ccccc3c2)=NN1c1nc(-c2ccco2)cc(C(F)(F)F)n1. The van der Waals surface area contributed by atoms with Crippen molar-refractivity contribution in [1.29, 1.82) is 0 Å². The number of anilines is 1. The Labute approximate surface area is 193 Å². The molecule has 1 aliphatic rings. The summed E-state index contributed by atoms with van der Waals surface area (Å²) in [6.45, 7) is 0. The summed E-state index contributed by atoms with van der Waals surface area (Å²) in [6, 6.07) is 15.1. The topological polar surface area (TPSA) is 74.8 Å². The third-order valence-corrected chi connectivity index (χ3v) is 5.49. The van der Waals surface area contributed by atoms with Gasteiger partial charge in [0.2, 0.25) is 5.95 Å². The quantitative estimate of drug-likeness (QED) is 0.368. The van der Waals surface area contributed by atoms with Gasteiger partial charge in [0.05, 0.1) is 18.4 Å². The molecule has 1 aliphatic heterocycles. The molecule has 0 spiro atoms. The van der Waals surface area contributed by atoms with Crippen LogP contribution in [0.1, 0.15) is 17.7 Å². The van der Waals surface area contributed by atoms with Crippen LogP contribution < -0.4 is 5.01 Å². The number of benzene rings is 2. The molecule has 180 valence electrons. The van der Waals surface area contributed by atoms with Gasteiger partial charge in [-0.15, -0.1) is 0 Å². The third-order valence-electron chi connectivity index (χ3n) is 5.49. The maximum Gasteiger partial charge on any atom is 0.438 e. The molecule has 2 aromatic carbocycles. The average molecular weight is 492 g/mol. The van der Waals surface area contributed by atoms with Crippen molar-refractivity contribution in [1.82, 2.24) is 9.97 Å². The molecule has 6 nitrogen and oxygen atoms in total. The molecule has 1 N–H and O–H groups in total. The summed E-state index contributed by atoms with van der Waals surface area (Å²) in [5.41, 5.74) is -5.57. The van der Waals surface area contributed by atoms with Crippen LogP contribution in [0, 0.1) is 0 Å². The number of nitrogens with zero attached hydrogens (tertiary/aromatic N) is 4. The number of hydrogen-bond acceptors (Lipinski definition) is 6. The molecule has 0 saturated carbocycles. The van der Waals surface area contributed by atoms with E-state index in [2.05, 4.69) is 15.1 Å². The number of hydrazone groups is 1. The van der Waals surface area contributed by atoms with Gasteiger partial charge in [0.15, 0.2) is 11.5 Å². The number of fused-ring (bicyclic) bond motifs is 1. The lowest BCUT2D eigenvalue weighted by atomic mass is 9.98. The molecule has 0 aliphatic carbocycles. The molecule has 0 radical (unpaired) electrons. The van der Waals surface area contributed by atoms with Crippen LogP contribution in [0.4, 0.5) is 32.3 Å². The highest BCUT2D eigenvalue weighted by Crippen LogP contribution is 2.44. The lowest BCUT2D eigenvalue weighted by Crippen LogP contribution is -2.55. The van der Waals surface area contributed by atoms with Gasteiger partial charge < -0.3 is 9.52 Å². The zero-order valence-corrected chi connectivity index (χ0v) is 17.5. The van der Waals surface area contributed by atoms with Gasteiger partial charge in [-0.3, -0.25) is 0 Å². The van der Waals surface area contributed by atoms with Crippen molar-refractivity contribution in [2.24, 2.45) is 5.10 Å².